The van der Waals surface area contributed by atoms with E-state index in [0.717, 1.165) is 37.5 Å². The molecule has 34 heavy (non-hydrogen) atoms. The summed E-state index contributed by atoms with van der Waals surface area (Å²) in [5.74, 6) is 0.724. The molecule has 0 amide bonds. The highest BCUT2D eigenvalue weighted by Crippen LogP contribution is 2.22. The van der Waals surface area contributed by atoms with Crippen molar-refractivity contribution in [1.29, 1.82) is 0 Å². The minimum Gasteiger partial charge on any atom is -0.423 e. The first-order valence-corrected chi connectivity index (χ1v) is 11.8. The second kappa shape index (κ2) is 17.3. The standard InChI is InChI=1S/C25H36N6O.2ClH/c1-3-5-17-30(18-6-4-2)19-11-16-26-21-22-12-10-15-24(20-22)32-25-27-28-29-31(25)23-13-8-7-9-14-23;;/h7-10,12-15,20,26H,3-6,11,16-19,21H2,1-2H3;2*1H. The van der Waals surface area contributed by atoms with Crippen molar-refractivity contribution in [2.45, 2.75) is 52.5 Å². The van der Waals surface area contributed by atoms with Crippen LogP contribution in [-0.2, 0) is 6.54 Å². The van der Waals surface area contributed by atoms with Crippen LogP contribution in [0.15, 0.2) is 54.6 Å². The van der Waals surface area contributed by atoms with Gasteiger partial charge in [-0.15, -0.1) is 24.8 Å². The summed E-state index contributed by atoms with van der Waals surface area (Å²) >= 11 is 0. The van der Waals surface area contributed by atoms with Crippen LogP contribution in [0.1, 0.15) is 51.5 Å². The quantitative estimate of drug-likeness (QED) is 0.266. The maximum Gasteiger partial charge on any atom is 0.345 e. The van der Waals surface area contributed by atoms with E-state index in [9.17, 15) is 0 Å². The SMILES string of the molecule is CCCCN(CCCC)CCCNCc1cccc(Oc2nnnn2-c2ccccc2)c1.Cl.Cl. The molecule has 3 rings (SSSR count). The summed E-state index contributed by atoms with van der Waals surface area (Å²) in [6.45, 7) is 9.95. The molecular formula is C25H38Cl2N6O. The summed E-state index contributed by atoms with van der Waals surface area (Å²) in [6.07, 6.45) is 6.26. The lowest BCUT2D eigenvalue weighted by Crippen LogP contribution is -2.29. The van der Waals surface area contributed by atoms with Crippen molar-refractivity contribution < 1.29 is 4.74 Å². The Kier molecular flexibility index (Phi) is 15.2. The van der Waals surface area contributed by atoms with E-state index in [4.69, 9.17) is 4.74 Å². The average Bonchev–Trinajstić information content (AvgIpc) is 3.29. The lowest BCUT2D eigenvalue weighted by Gasteiger charge is -2.22. The number of nitrogens with zero attached hydrogens (tertiary/aromatic N) is 5. The fourth-order valence-corrected chi connectivity index (χ4v) is 3.56. The van der Waals surface area contributed by atoms with Gasteiger partial charge in [-0.3, -0.25) is 0 Å². The maximum atomic E-state index is 5.97. The number of hydrogen-bond donors (Lipinski definition) is 1. The number of benzene rings is 2. The fourth-order valence-electron chi connectivity index (χ4n) is 3.56. The Morgan fingerprint density at radius 1 is 0.882 bits per heavy atom. The molecule has 0 aliphatic carbocycles. The van der Waals surface area contributed by atoms with E-state index in [0.29, 0.717) is 6.01 Å². The molecule has 0 aliphatic rings. The second-order valence-electron chi connectivity index (χ2n) is 8.04. The molecule has 7 nitrogen and oxygen atoms in total. The number of unbranched alkanes of at least 4 members (excludes halogenated alkanes) is 2. The smallest absolute Gasteiger partial charge is 0.345 e. The van der Waals surface area contributed by atoms with E-state index < -0.39 is 0 Å². The van der Waals surface area contributed by atoms with Crippen LogP contribution in [0.4, 0.5) is 0 Å². The van der Waals surface area contributed by atoms with Gasteiger partial charge in [0.25, 0.3) is 0 Å². The predicted octanol–water partition coefficient (Wildman–Crippen LogP) is 5.68. The first-order valence-electron chi connectivity index (χ1n) is 11.8. The Labute approximate surface area is 216 Å². The van der Waals surface area contributed by atoms with Gasteiger partial charge in [0.2, 0.25) is 0 Å². The maximum absolute atomic E-state index is 5.97. The van der Waals surface area contributed by atoms with Gasteiger partial charge in [-0.2, -0.15) is 4.68 Å². The largest absolute Gasteiger partial charge is 0.423 e. The minimum absolute atomic E-state index is 0. The van der Waals surface area contributed by atoms with Gasteiger partial charge in [0, 0.05) is 6.54 Å². The van der Waals surface area contributed by atoms with E-state index in [1.54, 1.807) is 4.68 Å². The molecule has 9 heteroatoms. The Hall–Kier alpha value is -2.19. The number of nitrogens with one attached hydrogen (secondary N) is 1. The first-order chi connectivity index (χ1) is 15.8. The number of para-hydroxylation sites is 1. The van der Waals surface area contributed by atoms with Gasteiger partial charge < -0.3 is 15.0 Å². The lowest BCUT2D eigenvalue weighted by atomic mass is 10.2. The van der Waals surface area contributed by atoms with E-state index in [1.165, 1.54) is 44.3 Å². The van der Waals surface area contributed by atoms with Gasteiger partial charge in [0.1, 0.15) is 5.75 Å². The Morgan fingerprint density at radius 3 is 2.29 bits per heavy atom. The summed E-state index contributed by atoms with van der Waals surface area (Å²) in [5.41, 5.74) is 2.03. The van der Waals surface area contributed by atoms with Crippen LogP contribution >= 0.6 is 24.8 Å². The monoisotopic (exact) mass is 508 g/mol. The number of ether oxygens (including phenoxy) is 1. The third-order valence-corrected chi connectivity index (χ3v) is 5.36. The zero-order valence-corrected chi connectivity index (χ0v) is 21.9. The number of rotatable bonds is 15. The van der Waals surface area contributed by atoms with Gasteiger partial charge in [0.05, 0.1) is 5.69 Å². The number of hydrogen-bond acceptors (Lipinski definition) is 6. The Bertz CT molecular complexity index is 901. The molecule has 0 bridgehead atoms. The summed E-state index contributed by atoms with van der Waals surface area (Å²) in [5, 5.41) is 15.4. The number of aromatic nitrogens is 4. The summed E-state index contributed by atoms with van der Waals surface area (Å²) in [6, 6.07) is 18.1. The van der Waals surface area contributed by atoms with Gasteiger partial charge in [-0.1, -0.05) is 62.1 Å². The molecule has 0 spiro atoms. The zero-order valence-electron chi connectivity index (χ0n) is 20.2. The van der Waals surface area contributed by atoms with Crippen LogP contribution in [0, 0.1) is 0 Å². The van der Waals surface area contributed by atoms with E-state index >= 15 is 0 Å². The van der Waals surface area contributed by atoms with Crippen LogP contribution in [0.25, 0.3) is 5.69 Å². The molecule has 0 saturated carbocycles. The van der Waals surface area contributed by atoms with Crippen LogP contribution in [0.2, 0.25) is 0 Å². The molecule has 0 aliphatic heterocycles. The van der Waals surface area contributed by atoms with Crippen LogP contribution < -0.4 is 10.1 Å². The molecule has 0 atom stereocenters. The zero-order chi connectivity index (χ0) is 22.4. The van der Waals surface area contributed by atoms with Crippen molar-refractivity contribution in [2.24, 2.45) is 0 Å². The normalized spacial score (nSPS) is 10.6. The van der Waals surface area contributed by atoms with Crippen molar-refractivity contribution in [3.8, 4) is 17.4 Å². The minimum atomic E-state index is 0. The molecule has 1 aromatic heterocycles. The van der Waals surface area contributed by atoms with Crippen molar-refractivity contribution in [3.63, 3.8) is 0 Å². The van der Waals surface area contributed by atoms with Gasteiger partial charge in [-0.25, -0.2) is 0 Å². The third-order valence-electron chi connectivity index (χ3n) is 5.36. The van der Waals surface area contributed by atoms with Crippen molar-refractivity contribution in [1.82, 2.24) is 30.4 Å². The molecule has 0 unspecified atom stereocenters. The van der Waals surface area contributed by atoms with Crippen molar-refractivity contribution >= 4 is 24.8 Å². The summed E-state index contributed by atoms with van der Waals surface area (Å²) < 4.78 is 7.56. The molecule has 1 N–H and O–H groups in total. The molecule has 2 aromatic carbocycles. The fraction of sp³-hybridized carbons (Fsp3) is 0.480. The Morgan fingerprint density at radius 2 is 1.59 bits per heavy atom. The second-order valence-corrected chi connectivity index (χ2v) is 8.04. The molecular weight excluding hydrogens is 471 g/mol. The molecule has 0 fully saturated rings. The van der Waals surface area contributed by atoms with Gasteiger partial charge in [-0.05, 0) is 85.7 Å². The average molecular weight is 510 g/mol. The van der Waals surface area contributed by atoms with Gasteiger partial charge >= 0.3 is 6.01 Å². The summed E-state index contributed by atoms with van der Waals surface area (Å²) in [4.78, 5) is 2.61. The predicted molar refractivity (Wildman–Crippen MR) is 143 cm³/mol. The van der Waals surface area contributed by atoms with E-state index in [2.05, 4.69) is 45.7 Å². The lowest BCUT2D eigenvalue weighted by molar-refractivity contribution is 0.261. The van der Waals surface area contributed by atoms with E-state index in [1.807, 2.05) is 48.5 Å². The highest BCUT2D eigenvalue weighted by atomic mass is 35.5. The van der Waals surface area contributed by atoms with Crippen molar-refractivity contribution in [3.05, 3.63) is 60.2 Å². The van der Waals surface area contributed by atoms with Crippen LogP contribution in [0.3, 0.4) is 0 Å². The molecule has 188 valence electrons. The van der Waals surface area contributed by atoms with E-state index in [-0.39, 0.29) is 24.8 Å². The first kappa shape index (κ1) is 29.8. The molecule has 1 heterocycles. The number of halogens is 2. The van der Waals surface area contributed by atoms with Crippen molar-refractivity contribution in [2.75, 3.05) is 26.2 Å². The molecule has 0 radical (unpaired) electrons. The van der Waals surface area contributed by atoms with Crippen LogP contribution in [0.5, 0.6) is 11.8 Å². The third kappa shape index (κ3) is 9.97. The Balaban J connectivity index is 0.00000289. The highest BCUT2D eigenvalue weighted by Gasteiger charge is 2.10. The van der Waals surface area contributed by atoms with Gasteiger partial charge in [0.15, 0.2) is 0 Å². The molecule has 3 aromatic rings. The molecule has 0 saturated heterocycles. The highest BCUT2D eigenvalue weighted by molar-refractivity contribution is 5.85. The van der Waals surface area contributed by atoms with Crippen LogP contribution in [-0.4, -0.2) is 51.3 Å². The summed E-state index contributed by atoms with van der Waals surface area (Å²) in [7, 11) is 0. The topological polar surface area (TPSA) is 68.1 Å². The number of tetrazole rings is 1.